The number of carbonyl (C=O) groups excluding carboxylic acids is 1. The van der Waals surface area contributed by atoms with Crippen LogP contribution in [0.1, 0.15) is 23.0 Å². The number of rotatable bonds is 4. The number of aryl methyl sites for hydroxylation is 1. The first-order valence-corrected chi connectivity index (χ1v) is 6.70. The second-order valence-electron chi connectivity index (χ2n) is 4.01. The molecule has 8 heteroatoms. The highest BCUT2D eigenvalue weighted by atomic mass is 79.9. The number of carbonyl (C=O) groups is 1. The van der Waals surface area contributed by atoms with Crippen molar-refractivity contribution in [3.8, 4) is 0 Å². The van der Waals surface area contributed by atoms with Crippen LogP contribution >= 0.6 is 15.9 Å². The molecule has 0 fully saturated rings. The third kappa shape index (κ3) is 2.48. The Hall–Kier alpha value is -2.05. The van der Waals surface area contributed by atoms with Crippen LogP contribution in [0.2, 0.25) is 0 Å². The van der Waals surface area contributed by atoms with E-state index in [4.69, 9.17) is 10.3 Å². The van der Waals surface area contributed by atoms with Crippen LogP contribution < -0.4 is 0 Å². The Morgan fingerprint density at radius 2 is 2.40 bits per heavy atom. The predicted octanol–water partition coefficient (Wildman–Crippen LogP) is 3.32. The summed E-state index contributed by atoms with van der Waals surface area (Å²) in [7, 11) is 1.81. The average molecular weight is 338 g/mol. The van der Waals surface area contributed by atoms with E-state index >= 15 is 0 Å². The molecule has 0 aliphatic rings. The van der Waals surface area contributed by atoms with Crippen LogP contribution in [0, 0.1) is 0 Å². The molecule has 0 bridgehead atoms. The van der Waals surface area contributed by atoms with Crippen molar-refractivity contribution in [2.45, 2.75) is 13.5 Å². The van der Waals surface area contributed by atoms with Crippen molar-refractivity contribution in [2.24, 2.45) is 12.2 Å². The molecule has 104 valence electrons. The molecular formula is C12H12BrN5O2. The normalized spacial score (nSPS) is 10.3. The van der Waals surface area contributed by atoms with Crippen molar-refractivity contribution in [3.63, 3.8) is 0 Å². The van der Waals surface area contributed by atoms with E-state index in [0.29, 0.717) is 21.2 Å². The van der Waals surface area contributed by atoms with Crippen LogP contribution in [-0.2, 0) is 18.3 Å². The lowest BCUT2D eigenvalue weighted by Crippen LogP contribution is -2.08. The van der Waals surface area contributed by atoms with Crippen LogP contribution in [0.3, 0.4) is 0 Å². The van der Waals surface area contributed by atoms with Gasteiger partial charge in [0.05, 0.1) is 24.2 Å². The summed E-state index contributed by atoms with van der Waals surface area (Å²) in [5.74, 6) is -0.439. The van der Waals surface area contributed by atoms with Crippen molar-refractivity contribution in [1.82, 2.24) is 9.55 Å². The van der Waals surface area contributed by atoms with Crippen LogP contribution in [0.15, 0.2) is 22.0 Å². The fourth-order valence-electron chi connectivity index (χ4n) is 2.07. The van der Waals surface area contributed by atoms with E-state index in [-0.39, 0.29) is 13.2 Å². The summed E-state index contributed by atoms with van der Waals surface area (Å²) < 4.78 is 7.55. The molecule has 2 aromatic heterocycles. The van der Waals surface area contributed by atoms with Crippen LogP contribution in [-0.4, -0.2) is 22.1 Å². The number of nitrogens with zero attached hydrogens (tertiary/aromatic N) is 5. The van der Waals surface area contributed by atoms with E-state index in [9.17, 15) is 4.79 Å². The summed E-state index contributed by atoms with van der Waals surface area (Å²) in [5, 5.41) is 4.22. The maximum absolute atomic E-state index is 12.1. The molecule has 0 unspecified atom stereocenters. The largest absolute Gasteiger partial charge is 0.462 e. The summed E-state index contributed by atoms with van der Waals surface area (Å²) in [6.45, 7) is 2.10. The summed E-state index contributed by atoms with van der Waals surface area (Å²) in [5.41, 5.74) is 10.3. The van der Waals surface area contributed by atoms with Crippen LogP contribution in [0.4, 0.5) is 0 Å². The number of ether oxygens (including phenoxy) is 1. The van der Waals surface area contributed by atoms with Crippen LogP contribution in [0.25, 0.3) is 21.3 Å². The minimum Gasteiger partial charge on any atom is -0.462 e. The number of fused-ring (bicyclic) bond motifs is 1. The van der Waals surface area contributed by atoms with Gasteiger partial charge in [-0.25, -0.2) is 9.78 Å². The Morgan fingerprint density at radius 1 is 1.65 bits per heavy atom. The molecule has 0 aliphatic heterocycles. The Balaban J connectivity index is 2.72. The van der Waals surface area contributed by atoms with Gasteiger partial charge >= 0.3 is 5.97 Å². The van der Waals surface area contributed by atoms with Gasteiger partial charge in [-0.15, -0.1) is 0 Å². The van der Waals surface area contributed by atoms with Gasteiger partial charge < -0.3 is 9.30 Å². The van der Waals surface area contributed by atoms with Gasteiger partial charge in [0.15, 0.2) is 0 Å². The van der Waals surface area contributed by atoms with Gasteiger partial charge in [0.1, 0.15) is 4.60 Å². The SMILES string of the molecule is CCOC(=O)c1c(CN=[N+]=[N-])n(C)c2cc(Br)ncc12. The number of halogens is 1. The molecule has 0 N–H and O–H groups in total. The number of hydrogen-bond donors (Lipinski definition) is 0. The van der Waals surface area contributed by atoms with E-state index in [2.05, 4.69) is 30.9 Å². The summed E-state index contributed by atoms with van der Waals surface area (Å²) in [6.07, 6.45) is 1.60. The number of aromatic nitrogens is 2. The molecular weight excluding hydrogens is 326 g/mol. The third-order valence-corrected chi connectivity index (χ3v) is 3.37. The highest BCUT2D eigenvalue weighted by Crippen LogP contribution is 2.28. The van der Waals surface area contributed by atoms with Crippen molar-refractivity contribution in [1.29, 1.82) is 0 Å². The van der Waals surface area contributed by atoms with Crippen molar-refractivity contribution in [2.75, 3.05) is 6.61 Å². The molecule has 0 saturated carbocycles. The molecule has 20 heavy (non-hydrogen) atoms. The van der Waals surface area contributed by atoms with Gasteiger partial charge in [-0.2, -0.15) is 0 Å². The number of azide groups is 1. The lowest BCUT2D eigenvalue weighted by atomic mass is 10.1. The van der Waals surface area contributed by atoms with E-state index in [1.54, 1.807) is 26.2 Å². The average Bonchev–Trinajstić information content (AvgIpc) is 2.69. The zero-order valence-corrected chi connectivity index (χ0v) is 12.6. The molecule has 0 aromatic carbocycles. The Kier molecular flexibility index (Phi) is 4.26. The van der Waals surface area contributed by atoms with E-state index in [0.717, 1.165) is 5.52 Å². The van der Waals surface area contributed by atoms with Gasteiger partial charge in [0.2, 0.25) is 0 Å². The summed E-state index contributed by atoms with van der Waals surface area (Å²) in [4.78, 5) is 19.0. The monoisotopic (exact) mass is 337 g/mol. The molecule has 2 rings (SSSR count). The molecule has 7 nitrogen and oxygen atoms in total. The van der Waals surface area contributed by atoms with Gasteiger partial charge in [0.25, 0.3) is 0 Å². The standard InChI is InChI=1S/C12H12BrN5O2/c1-3-20-12(19)11-7-5-15-10(13)4-8(7)18(2)9(11)6-16-17-14/h4-5H,3,6H2,1-2H3. The Morgan fingerprint density at radius 3 is 3.05 bits per heavy atom. The predicted molar refractivity (Wildman–Crippen MR) is 77.2 cm³/mol. The van der Waals surface area contributed by atoms with E-state index < -0.39 is 5.97 Å². The van der Waals surface area contributed by atoms with Gasteiger partial charge in [-0.3, -0.25) is 0 Å². The van der Waals surface area contributed by atoms with Crippen molar-refractivity contribution >= 4 is 32.8 Å². The molecule has 0 spiro atoms. The quantitative estimate of drug-likeness (QED) is 0.281. The Labute approximate surface area is 123 Å². The first-order valence-electron chi connectivity index (χ1n) is 5.91. The Bertz CT molecular complexity index is 718. The molecule has 0 atom stereocenters. The van der Waals surface area contributed by atoms with Gasteiger partial charge in [0, 0.05) is 29.2 Å². The first-order chi connectivity index (χ1) is 9.60. The smallest absolute Gasteiger partial charge is 0.340 e. The number of hydrogen-bond acceptors (Lipinski definition) is 4. The lowest BCUT2D eigenvalue weighted by Gasteiger charge is -2.04. The zero-order chi connectivity index (χ0) is 14.7. The second kappa shape index (κ2) is 5.94. The first kappa shape index (κ1) is 14.4. The molecule has 0 saturated heterocycles. The topological polar surface area (TPSA) is 92.9 Å². The van der Waals surface area contributed by atoms with E-state index in [1.165, 1.54) is 0 Å². The number of esters is 1. The fraction of sp³-hybridized carbons (Fsp3) is 0.333. The highest BCUT2D eigenvalue weighted by Gasteiger charge is 2.22. The minimum absolute atomic E-state index is 0.0768. The third-order valence-electron chi connectivity index (χ3n) is 2.94. The van der Waals surface area contributed by atoms with Gasteiger partial charge in [-0.1, -0.05) is 5.11 Å². The minimum atomic E-state index is -0.439. The van der Waals surface area contributed by atoms with Crippen molar-refractivity contribution < 1.29 is 9.53 Å². The van der Waals surface area contributed by atoms with Crippen LogP contribution in [0.5, 0.6) is 0 Å². The summed E-state index contributed by atoms with van der Waals surface area (Å²) in [6, 6.07) is 1.80. The van der Waals surface area contributed by atoms with E-state index in [1.807, 2.05) is 4.57 Å². The molecule has 0 amide bonds. The molecule has 2 heterocycles. The van der Waals surface area contributed by atoms with Crippen molar-refractivity contribution in [3.05, 3.63) is 38.6 Å². The molecule has 2 aromatic rings. The lowest BCUT2D eigenvalue weighted by molar-refractivity contribution is 0.0527. The zero-order valence-electron chi connectivity index (χ0n) is 11.0. The fourth-order valence-corrected chi connectivity index (χ4v) is 2.39. The van der Waals surface area contributed by atoms with Gasteiger partial charge in [-0.05, 0) is 34.5 Å². The molecule has 0 aliphatic carbocycles. The highest BCUT2D eigenvalue weighted by molar-refractivity contribution is 9.10. The number of pyridine rings is 1. The maximum atomic E-state index is 12.1. The maximum Gasteiger partial charge on any atom is 0.340 e. The summed E-state index contributed by atoms with van der Waals surface area (Å²) >= 11 is 3.30. The second-order valence-corrected chi connectivity index (χ2v) is 4.83. The molecule has 0 radical (unpaired) electrons.